The molecular formula is C24H27N3O2. The van der Waals surface area contributed by atoms with Crippen molar-refractivity contribution in [3.63, 3.8) is 0 Å². The summed E-state index contributed by atoms with van der Waals surface area (Å²) in [4.78, 5) is 17.2. The number of hydrogen-bond donors (Lipinski definition) is 3. The maximum Gasteiger partial charge on any atom is 0.267 e. The van der Waals surface area contributed by atoms with Gasteiger partial charge in [-0.25, -0.2) is 5.48 Å². The first-order valence-corrected chi connectivity index (χ1v) is 10.2. The van der Waals surface area contributed by atoms with Crippen LogP contribution < -0.4 is 5.48 Å². The predicted molar refractivity (Wildman–Crippen MR) is 116 cm³/mol. The van der Waals surface area contributed by atoms with Crippen LogP contribution in [-0.2, 0) is 17.8 Å². The van der Waals surface area contributed by atoms with Crippen LogP contribution in [0.2, 0.25) is 0 Å². The molecule has 0 bridgehead atoms. The van der Waals surface area contributed by atoms with Crippen LogP contribution >= 0.6 is 0 Å². The molecular weight excluding hydrogens is 362 g/mol. The van der Waals surface area contributed by atoms with E-state index in [9.17, 15) is 4.79 Å². The van der Waals surface area contributed by atoms with E-state index >= 15 is 0 Å². The minimum Gasteiger partial charge on any atom is -0.358 e. The highest BCUT2D eigenvalue weighted by Crippen LogP contribution is 2.29. The van der Waals surface area contributed by atoms with Crippen LogP contribution in [0.15, 0.2) is 54.6 Å². The van der Waals surface area contributed by atoms with Crippen LogP contribution in [0.3, 0.4) is 0 Å². The third kappa shape index (κ3) is 4.42. The van der Waals surface area contributed by atoms with Gasteiger partial charge in [-0.2, -0.15) is 0 Å². The number of hydrogen-bond acceptors (Lipinski definition) is 3. The normalized spacial score (nSPS) is 17.4. The van der Waals surface area contributed by atoms with Crippen molar-refractivity contribution in [3.8, 4) is 0 Å². The van der Waals surface area contributed by atoms with Crippen molar-refractivity contribution in [2.45, 2.75) is 38.8 Å². The highest BCUT2D eigenvalue weighted by molar-refractivity contribution is 5.90. The van der Waals surface area contributed by atoms with Gasteiger partial charge in [0.2, 0.25) is 0 Å². The van der Waals surface area contributed by atoms with Gasteiger partial charge in [-0.15, -0.1) is 0 Å². The predicted octanol–water partition coefficient (Wildman–Crippen LogP) is 4.20. The van der Waals surface area contributed by atoms with Crippen molar-refractivity contribution in [1.82, 2.24) is 15.4 Å². The summed E-state index contributed by atoms with van der Waals surface area (Å²) in [6.45, 7) is 4.25. The topological polar surface area (TPSA) is 68.4 Å². The Morgan fingerprint density at radius 2 is 2.03 bits per heavy atom. The zero-order valence-corrected chi connectivity index (χ0v) is 16.7. The number of para-hydroxylation sites is 1. The Morgan fingerprint density at radius 1 is 1.24 bits per heavy atom. The van der Waals surface area contributed by atoms with Crippen LogP contribution in [0.25, 0.3) is 17.0 Å². The molecule has 1 aliphatic rings. The van der Waals surface area contributed by atoms with Crippen molar-refractivity contribution < 1.29 is 10.0 Å². The van der Waals surface area contributed by atoms with E-state index in [0.717, 1.165) is 25.1 Å². The lowest BCUT2D eigenvalue weighted by molar-refractivity contribution is -0.124. The number of aryl methyl sites for hydroxylation is 1. The minimum atomic E-state index is -0.526. The second kappa shape index (κ2) is 8.64. The van der Waals surface area contributed by atoms with E-state index in [-0.39, 0.29) is 0 Å². The molecule has 0 radical (unpaired) electrons. The maximum atomic E-state index is 11.1. The first-order valence-electron chi connectivity index (χ1n) is 10.2. The fourth-order valence-electron chi connectivity index (χ4n) is 4.35. The van der Waals surface area contributed by atoms with Gasteiger partial charge in [0, 0.05) is 35.3 Å². The number of hydroxylamine groups is 1. The average Bonchev–Trinajstić information content (AvgIpc) is 3.31. The summed E-state index contributed by atoms with van der Waals surface area (Å²) in [5.74, 6) is -0.526. The van der Waals surface area contributed by atoms with Gasteiger partial charge >= 0.3 is 0 Å². The fourth-order valence-corrected chi connectivity index (χ4v) is 4.35. The molecule has 0 spiro atoms. The Balaban J connectivity index is 1.44. The first-order chi connectivity index (χ1) is 14.1. The molecule has 2 aromatic carbocycles. The summed E-state index contributed by atoms with van der Waals surface area (Å²) in [5.41, 5.74) is 7.76. The lowest BCUT2D eigenvalue weighted by atomic mass is 10.0. The number of nitrogens with zero attached hydrogens (tertiary/aromatic N) is 1. The van der Waals surface area contributed by atoms with Gasteiger partial charge in [-0.1, -0.05) is 42.5 Å². The number of carbonyl (C=O) groups excluding carboxylic acids is 1. The van der Waals surface area contributed by atoms with Gasteiger partial charge in [0.15, 0.2) is 0 Å². The van der Waals surface area contributed by atoms with E-state index in [1.807, 2.05) is 12.1 Å². The summed E-state index contributed by atoms with van der Waals surface area (Å²) in [6.07, 6.45) is 6.55. The summed E-state index contributed by atoms with van der Waals surface area (Å²) < 4.78 is 0. The Hall–Kier alpha value is -2.89. The Labute approximate surface area is 171 Å². The van der Waals surface area contributed by atoms with E-state index in [2.05, 4.69) is 53.2 Å². The second-order valence-electron chi connectivity index (χ2n) is 7.80. The molecule has 3 N–H and O–H groups in total. The summed E-state index contributed by atoms with van der Waals surface area (Å²) in [7, 11) is 0. The molecule has 1 aliphatic heterocycles. The average molecular weight is 389 g/mol. The standard InChI is InChI=1S/C24H27N3O2/c1-17-22(21-6-2-3-7-23(21)25-17)15-20-5-4-14-27(20)16-19-10-8-18(9-11-19)12-13-24(28)26-29/h2-3,6-13,20,25,29H,4-5,14-16H2,1H3,(H,26,28). The summed E-state index contributed by atoms with van der Waals surface area (Å²) in [5, 5.41) is 9.90. The second-order valence-corrected chi connectivity index (χ2v) is 7.80. The van der Waals surface area contributed by atoms with Crippen LogP contribution in [0, 0.1) is 6.92 Å². The molecule has 5 heteroatoms. The molecule has 29 heavy (non-hydrogen) atoms. The van der Waals surface area contributed by atoms with Gasteiger partial charge in [0.25, 0.3) is 5.91 Å². The molecule has 1 atom stereocenters. The first kappa shape index (κ1) is 19.4. The molecule has 150 valence electrons. The van der Waals surface area contributed by atoms with Gasteiger partial charge in [0.1, 0.15) is 0 Å². The smallest absolute Gasteiger partial charge is 0.267 e. The Kier molecular flexibility index (Phi) is 5.79. The Morgan fingerprint density at radius 3 is 2.83 bits per heavy atom. The van der Waals surface area contributed by atoms with E-state index in [4.69, 9.17) is 5.21 Å². The number of nitrogens with one attached hydrogen (secondary N) is 2. The van der Waals surface area contributed by atoms with Crippen LogP contribution in [0.4, 0.5) is 0 Å². The van der Waals surface area contributed by atoms with Gasteiger partial charge in [-0.05, 0) is 61.6 Å². The maximum absolute atomic E-state index is 11.1. The van der Waals surface area contributed by atoms with Crippen molar-refractivity contribution in [2.75, 3.05) is 6.54 Å². The lowest BCUT2D eigenvalue weighted by Crippen LogP contribution is -2.30. The summed E-state index contributed by atoms with van der Waals surface area (Å²) >= 11 is 0. The Bertz CT molecular complexity index is 1020. The highest BCUT2D eigenvalue weighted by atomic mass is 16.5. The molecule has 2 heterocycles. The molecule has 1 amide bonds. The zero-order chi connectivity index (χ0) is 20.2. The highest BCUT2D eigenvalue weighted by Gasteiger charge is 2.26. The monoisotopic (exact) mass is 389 g/mol. The van der Waals surface area contributed by atoms with E-state index in [1.165, 1.54) is 46.6 Å². The van der Waals surface area contributed by atoms with Crippen LogP contribution in [-0.4, -0.2) is 33.6 Å². The number of rotatable bonds is 6. The number of benzene rings is 2. The number of amides is 1. The number of H-pyrrole nitrogens is 1. The fraction of sp³-hybridized carbons (Fsp3) is 0.292. The molecule has 1 aromatic heterocycles. The molecule has 5 nitrogen and oxygen atoms in total. The third-order valence-corrected chi connectivity index (χ3v) is 5.87. The number of likely N-dealkylation sites (tertiary alicyclic amines) is 1. The van der Waals surface area contributed by atoms with E-state index in [0.29, 0.717) is 6.04 Å². The van der Waals surface area contributed by atoms with Crippen molar-refractivity contribution >= 4 is 22.9 Å². The number of aromatic amines is 1. The molecule has 0 saturated carbocycles. The number of fused-ring (bicyclic) bond motifs is 1. The van der Waals surface area contributed by atoms with Crippen molar-refractivity contribution in [2.24, 2.45) is 0 Å². The largest absolute Gasteiger partial charge is 0.358 e. The molecule has 3 aromatic rings. The molecule has 1 fully saturated rings. The number of aromatic nitrogens is 1. The molecule has 4 rings (SSSR count). The lowest BCUT2D eigenvalue weighted by Gasteiger charge is -2.25. The SMILES string of the molecule is Cc1[nH]c2ccccc2c1CC1CCCN1Cc1ccc(C=CC(=O)NO)cc1. The van der Waals surface area contributed by atoms with Crippen molar-refractivity contribution in [1.29, 1.82) is 0 Å². The molecule has 1 saturated heterocycles. The minimum absolute atomic E-state index is 0.526. The van der Waals surface area contributed by atoms with Crippen LogP contribution in [0.1, 0.15) is 35.2 Å². The molecule has 0 aliphatic carbocycles. The van der Waals surface area contributed by atoms with Crippen molar-refractivity contribution in [3.05, 3.63) is 77.0 Å². The third-order valence-electron chi connectivity index (χ3n) is 5.87. The van der Waals surface area contributed by atoms with Gasteiger partial charge < -0.3 is 4.98 Å². The van der Waals surface area contributed by atoms with Gasteiger partial charge in [-0.3, -0.25) is 14.9 Å². The summed E-state index contributed by atoms with van der Waals surface area (Å²) in [6, 6.07) is 17.4. The molecule has 1 unspecified atom stereocenters. The number of carbonyl (C=O) groups is 1. The quantitative estimate of drug-likeness (QED) is 0.336. The van der Waals surface area contributed by atoms with Gasteiger partial charge in [0.05, 0.1) is 0 Å². The zero-order valence-electron chi connectivity index (χ0n) is 16.7. The van der Waals surface area contributed by atoms with E-state index in [1.54, 1.807) is 11.6 Å². The van der Waals surface area contributed by atoms with E-state index < -0.39 is 5.91 Å². The van der Waals surface area contributed by atoms with Crippen LogP contribution in [0.5, 0.6) is 0 Å².